The number of rotatable bonds is 4. The van der Waals surface area contributed by atoms with E-state index < -0.39 is 0 Å². The van der Waals surface area contributed by atoms with E-state index in [2.05, 4.69) is 0 Å². The molecule has 2 atom stereocenters. The summed E-state index contributed by atoms with van der Waals surface area (Å²) in [6.07, 6.45) is 4.00. The van der Waals surface area contributed by atoms with E-state index >= 15 is 0 Å². The largest absolute Gasteiger partial charge is 0.378 e. The molecule has 5 heteroatoms. The van der Waals surface area contributed by atoms with Gasteiger partial charge in [0.15, 0.2) is 0 Å². The van der Waals surface area contributed by atoms with Gasteiger partial charge in [-0.2, -0.15) is 0 Å². The molecule has 0 aliphatic carbocycles. The van der Waals surface area contributed by atoms with Gasteiger partial charge in [-0.05, 0) is 37.8 Å². The van der Waals surface area contributed by atoms with Crippen LogP contribution in [0.15, 0.2) is 30.3 Å². The molecule has 0 bridgehead atoms. The van der Waals surface area contributed by atoms with Crippen LogP contribution < -0.4 is 4.90 Å². The molecule has 23 heavy (non-hydrogen) atoms. The zero-order valence-electron chi connectivity index (χ0n) is 13.6. The van der Waals surface area contributed by atoms with Crippen LogP contribution in [0, 0.1) is 0 Å². The SMILES string of the molecule is CN(C(=O)C[C@H]1CCCO1)[C@H]1CCCN(c2ccccc2)C1=O. The van der Waals surface area contributed by atoms with Gasteiger partial charge in [0, 0.05) is 25.9 Å². The molecule has 0 N–H and O–H groups in total. The van der Waals surface area contributed by atoms with E-state index in [1.165, 1.54) is 0 Å². The Labute approximate surface area is 137 Å². The van der Waals surface area contributed by atoms with Gasteiger partial charge in [0.1, 0.15) is 6.04 Å². The second-order valence-corrected chi connectivity index (χ2v) is 6.33. The highest BCUT2D eigenvalue weighted by molar-refractivity contribution is 5.99. The molecule has 2 aliphatic rings. The lowest BCUT2D eigenvalue weighted by molar-refractivity contribution is -0.140. The zero-order chi connectivity index (χ0) is 16.2. The molecule has 2 saturated heterocycles. The van der Waals surface area contributed by atoms with Crippen LogP contribution >= 0.6 is 0 Å². The summed E-state index contributed by atoms with van der Waals surface area (Å²) in [7, 11) is 1.74. The van der Waals surface area contributed by atoms with Crippen molar-refractivity contribution in [1.82, 2.24) is 4.90 Å². The number of benzene rings is 1. The molecule has 2 fully saturated rings. The molecule has 0 spiro atoms. The first-order valence-electron chi connectivity index (χ1n) is 8.40. The van der Waals surface area contributed by atoms with Crippen LogP contribution in [0.4, 0.5) is 5.69 Å². The van der Waals surface area contributed by atoms with Crippen molar-refractivity contribution in [2.75, 3.05) is 25.1 Å². The van der Waals surface area contributed by atoms with Gasteiger partial charge in [-0.1, -0.05) is 18.2 Å². The number of amides is 2. The Bertz CT molecular complexity index is 555. The fourth-order valence-corrected chi connectivity index (χ4v) is 3.40. The van der Waals surface area contributed by atoms with Crippen molar-refractivity contribution >= 4 is 17.5 Å². The maximum Gasteiger partial charge on any atom is 0.249 e. The van der Waals surface area contributed by atoms with Crippen molar-refractivity contribution in [2.45, 2.75) is 44.2 Å². The molecule has 1 aromatic rings. The first kappa shape index (κ1) is 16.0. The molecule has 1 aromatic carbocycles. The van der Waals surface area contributed by atoms with E-state index in [1.54, 1.807) is 16.8 Å². The number of hydrogen-bond donors (Lipinski definition) is 0. The smallest absolute Gasteiger partial charge is 0.249 e. The third kappa shape index (κ3) is 3.55. The first-order chi connectivity index (χ1) is 11.2. The third-order valence-corrected chi connectivity index (χ3v) is 4.77. The summed E-state index contributed by atoms with van der Waals surface area (Å²) in [5.74, 6) is 0.0239. The van der Waals surface area contributed by atoms with Crippen molar-refractivity contribution in [3.05, 3.63) is 30.3 Å². The number of piperidine rings is 1. The molecule has 124 valence electrons. The second-order valence-electron chi connectivity index (χ2n) is 6.33. The average Bonchev–Trinajstić information content (AvgIpc) is 3.08. The minimum absolute atomic E-state index is 0.00478. The first-order valence-corrected chi connectivity index (χ1v) is 8.40. The number of nitrogens with zero attached hydrogens (tertiary/aromatic N) is 2. The predicted octanol–water partition coefficient (Wildman–Crippen LogP) is 2.21. The molecular weight excluding hydrogens is 292 g/mol. The van der Waals surface area contributed by atoms with E-state index in [0.29, 0.717) is 13.0 Å². The predicted molar refractivity (Wildman–Crippen MR) is 88.2 cm³/mol. The van der Waals surface area contributed by atoms with Crippen LogP contribution in [0.5, 0.6) is 0 Å². The van der Waals surface area contributed by atoms with Crippen LogP contribution in [0.3, 0.4) is 0 Å². The van der Waals surface area contributed by atoms with Crippen LogP contribution in [-0.4, -0.2) is 49.1 Å². The van der Waals surface area contributed by atoms with Crippen molar-refractivity contribution in [3.8, 4) is 0 Å². The molecule has 2 heterocycles. The topological polar surface area (TPSA) is 49.9 Å². The fourth-order valence-electron chi connectivity index (χ4n) is 3.40. The van der Waals surface area contributed by atoms with Gasteiger partial charge in [-0.25, -0.2) is 0 Å². The maximum absolute atomic E-state index is 12.8. The van der Waals surface area contributed by atoms with Crippen LogP contribution in [-0.2, 0) is 14.3 Å². The van der Waals surface area contributed by atoms with Crippen molar-refractivity contribution in [3.63, 3.8) is 0 Å². The minimum Gasteiger partial charge on any atom is -0.378 e. The van der Waals surface area contributed by atoms with Gasteiger partial charge in [-0.3, -0.25) is 9.59 Å². The Kier molecular flexibility index (Phi) is 4.96. The highest BCUT2D eigenvalue weighted by Crippen LogP contribution is 2.24. The van der Waals surface area contributed by atoms with Crippen molar-refractivity contribution in [2.24, 2.45) is 0 Å². The highest BCUT2D eigenvalue weighted by atomic mass is 16.5. The van der Waals surface area contributed by atoms with E-state index in [9.17, 15) is 9.59 Å². The summed E-state index contributed by atoms with van der Waals surface area (Å²) in [5.41, 5.74) is 0.905. The zero-order valence-corrected chi connectivity index (χ0v) is 13.6. The summed E-state index contributed by atoms with van der Waals surface area (Å²) in [6.45, 7) is 1.46. The minimum atomic E-state index is -0.363. The molecule has 5 nitrogen and oxygen atoms in total. The summed E-state index contributed by atoms with van der Waals surface area (Å²) in [6, 6.07) is 9.31. The molecule has 0 saturated carbocycles. The highest BCUT2D eigenvalue weighted by Gasteiger charge is 2.35. The summed E-state index contributed by atoms with van der Waals surface area (Å²) in [4.78, 5) is 28.7. The van der Waals surface area contributed by atoms with Crippen LogP contribution in [0.25, 0.3) is 0 Å². The van der Waals surface area contributed by atoms with Crippen molar-refractivity contribution < 1.29 is 14.3 Å². The Balaban J connectivity index is 1.66. The van der Waals surface area contributed by atoms with Crippen LogP contribution in [0.2, 0.25) is 0 Å². The molecular formula is C18H24N2O3. The number of para-hydroxylation sites is 1. The fraction of sp³-hybridized carbons (Fsp3) is 0.556. The summed E-state index contributed by atoms with van der Waals surface area (Å²) >= 11 is 0. The van der Waals surface area contributed by atoms with Gasteiger partial charge in [0.2, 0.25) is 11.8 Å². The standard InChI is InChI=1S/C18H24N2O3/c1-19(17(21)13-15-9-6-12-23-15)16-10-5-11-20(18(16)22)14-7-3-2-4-8-14/h2-4,7-8,15-16H,5-6,9-13H2,1H3/t15-,16+/m1/s1. The van der Waals surface area contributed by atoms with Gasteiger partial charge in [-0.15, -0.1) is 0 Å². The summed E-state index contributed by atoms with van der Waals surface area (Å²) in [5, 5.41) is 0. The molecule has 0 aromatic heterocycles. The lowest BCUT2D eigenvalue weighted by Gasteiger charge is -2.37. The molecule has 3 rings (SSSR count). The molecule has 2 amide bonds. The quantitative estimate of drug-likeness (QED) is 0.856. The maximum atomic E-state index is 12.8. The van der Waals surface area contributed by atoms with Gasteiger partial charge >= 0.3 is 0 Å². The number of anilines is 1. The van der Waals surface area contributed by atoms with E-state index in [1.807, 2.05) is 30.3 Å². The number of ether oxygens (including phenoxy) is 1. The molecule has 2 aliphatic heterocycles. The Morgan fingerprint density at radius 1 is 1.26 bits per heavy atom. The molecule has 0 unspecified atom stereocenters. The Hall–Kier alpha value is -1.88. The van der Waals surface area contributed by atoms with Crippen molar-refractivity contribution in [1.29, 1.82) is 0 Å². The number of carbonyl (C=O) groups excluding carboxylic acids is 2. The number of hydrogen-bond acceptors (Lipinski definition) is 3. The lowest BCUT2D eigenvalue weighted by atomic mass is 10.0. The normalized spacial score (nSPS) is 24.7. The van der Waals surface area contributed by atoms with E-state index in [-0.39, 0.29) is 24.0 Å². The van der Waals surface area contributed by atoms with Gasteiger partial charge < -0.3 is 14.5 Å². The average molecular weight is 316 g/mol. The molecule has 0 radical (unpaired) electrons. The number of carbonyl (C=O) groups is 2. The summed E-state index contributed by atoms with van der Waals surface area (Å²) < 4.78 is 5.54. The lowest BCUT2D eigenvalue weighted by Crippen LogP contribution is -2.53. The Morgan fingerprint density at radius 3 is 2.74 bits per heavy atom. The van der Waals surface area contributed by atoms with E-state index in [0.717, 1.165) is 38.0 Å². The number of likely N-dealkylation sites (N-methyl/N-ethyl adjacent to an activating group) is 1. The van der Waals surface area contributed by atoms with Gasteiger partial charge in [0.25, 0.3) is 0 Å². The third-order valence-electron chi connectivity index (χ3n) is 4.77. The monoisotopic (exact) mass is 316 g/mol. The van der Waals surface area contributed by atoms with Gasteiger partial charge in [0.05, 0.1) is 12.5 Å². The second kappa shape index (κ2) is 7.13. The van der Waals surface area contributed by atoms with E-state index in [4.69, 9.17) is 4.74 Å². The van der Waals surface area contributed by atoms with Crippen LogP contribution in [0.1, 0.15) is 32.1 Å². The Morgan fingerprint density at radius 2 is 2.04 bits per heavy atom.